The average Bonchev–Trinajstić information content (AvgIpc) is 3.12. The molecule has 1 N–H and O–H groups in total. The van der Waals surface area contributed by atoms with Gasteiger partial charge in [-0.15, -0.1) is 0 Å². The van der Waals surface area contributed by atoms with Crippen LogP contribution in [0.3, 0.4) is 0 Å². The van der Waals surface area contributed by atoms with E-state index in [9.17, 15) is 9.90 Å². The van der Waals surface area contributed by atoms with Gasteiger partial charge in [-0.3, -0.25) is 0 Å². The summed E-state index contributed by atoms with van der Waals surface area (Å²) in [6.45, 7) is 11.8. The van der Waals surface area contributed by atoms with Gasteiger partial charge in [-0.05, 0) is 58.3 Å². The van der Waals surface area contributed by atoms with Crippen molar-refractivity contribution in [1.82, 2.24) is 0 Å². The number of esters is 1. The fourth-order valence-electron chi connectivity index (χ4n) is 4.57. The van der Waals surface area contributed by atoms with Crippen LogP contribution in [0.25, 0.3) is 0 Å². The van der Waals surface area contributed by atoms with Gasteiger partial charge < -0.3 is 19.3 Å². The van der Waals surface area contributed by atoms with Crippen LogP contribution in [0.2, 0.25) is 0 Å². The lowest BCUT2D eigenvalue weighted by atomic mass is 9.69. The number of fused-ring (bicyclic) bond motifs is 2. The lowest BCUT2D eigenvalue weighted by Gasteiger charge is -2.44. The molecule has 2 aliphatic carbocycles. The summed E-state index contributed by atoms with van der Waals surface area (Å²) < 4.78 is 17.3. The number of ether oxygens (including phenoxy) is 3. The minimum Gasteiger partial charge on any atom is -0.463 e. The Hall–Kier alpha value is -1.17. The Labute approximate surface area is 143 Å². The first-order valence-electron chi connectivity index (χ1n) is 8.74. The molecule has 2 fully saturated rings. The van der Waals surface area contributed by atoms with Gasteiger partial charge in [-0.25, -0.2) is 4.79 Å². The SMILES string of the molecule is CCOC(=O)/C=C(/C)C1(O)C(C)=CC2(OC(C)C(C)O2)C2CC21C. The largest absolute Gasteiger partial charge is 0.463 e. The van der Waals surface area contributed by atoms with Crippen LogP contribution in [0.5, 0.6) is 0 Å². The van der Waals surface area contributed by atoms with Crippen LogP contribution in [0, 0.1) is 11.3 Å². The predicted molar refractivity (Wildman–Crippen MR) is 89.1 cm³/mol. The highest BCUT2D eigenvalue weighted by atomic mass is 16.8. The van der Waals surface area contributed by atoms with Crippen molar-refractivity contribution in [2.24, 2.45) is 11.3 Å². The first kappa shape index (κ1) is 17.6. The highest BCUT2D eigenvalue weighted by molar-refractivity contribution is 5.83. The fourth-order valence-corrected chi connectivity index (χ4v) is 4.57. The van der Waals surface area contributed by atoms with Crippen LogP contribution in [-0.2, 0) is 19.0 Å². The predicted octanol–water partition coefficient (Wildman–Crippen LogP) is 2.73. The van der Waals surface area contributed by atoms with Gasteiger partial charge in [0, 0.05) is 17.4 Å². The van der Waals surface area contributed by atoms with Gasteiger partial charge in [0.25, 0.3) is 0 Å². The minimum absolute atomic E-state index is 0.0151. The van der Waals surface area contributed by atoms with Gasteiger partial charge in [0.1, 0.15) is 5.60 Å². The van der Waals surface area contributed by atoms with E-state index in [0.717, 1.165) is 12.0 Å². The van der Waals surface area contributed by atoms with Crippen LogP contribution in [-0.4, -0.2) is 41.3 Å². The molecule has 1 saturated carbocycles. The summed E-state index contributed by atoms with van der Waals surface area (Å²) in [6.07, 6.45) is 4.13. The van der Waals surface area contributed by atoms with Crippen LogP contribution in [0.15, 0.2) is 23.3 Å². The molecule has 1 aliphatic heterocycles. The Morgan fingerprint density at radius 2 is 2.00 bits per heavy atom. The van der Waals surface area contributed by atoms with E-state index in [0.29, 0.717) is 12.2 Å². The van der Waals surface area contributed by atoms with Crippen molar-refractivity contribution in [3.63, 3.8) is 0 Å². The van der Waals surface area contributed by atoms with Gasteiger partial charge in [0.15, 0.2) is 5.79 Å². The smallest absolute Gasteiger partial charge is 0.330 e. The maximum absolute atomic E-state index is 11.8. The van der Waals surface area contributed by atoms with Crippen molar-refractivity contribution in [2.75, 3.05) is 6.61 Å². The first-order valence-corrected chi connectivity index (χ1v) is 8.74. The van der Waals surface area contributed by atoms with Gasteiger partial charge in [0.2, 0.25) is 0 Å². The molecule has 0 aromatic rings. The number of hydrogen-bond donors (Lipinski definition) is 1. The Balaban J connectivity index is 1.99. The second kappa shape index (κ2) is 5.41. The van der Waals surface area contributed by atoms with Crippen molar-refractivity contribution >= 4 is 5.97 Å². The van der Waals surface area contributed by atoms with Gasteiger partial charge in [-0.2, -0.15) is 0 Å². The summed E-state index contributed by atoms with van der Waals surface area (Å²) >= 11 is 0. The van der Waals surface area contributed by atoms with Crippen molar-refractivity contribution < 1.29 is 24.1 Å². The molecular formula is C19H28O5. The summed E-state index contributed by atoms with van der Waals surface area (Å²) in [6, 6.07) is 0. The zero-order valence-corrected chi connectivity index (χ0v) is 15.4. The summed E-state index contributed by atoms with van der Waals surface area (Å²) in [4.78, 5) is 11.8. The zero-order chi connectivity index (χ0) is 17.9. The molecule has 0 bridgehead atoms. The quantitative estimate of drug-likeness (QED) is 0.488. The second-order valence-corrected chi connectivity index (χ2v) is 7.66. The number of hydrogen-bond acceptors (Lipinski definition) is 5. The van der Waals surface area contributed by atoms with Crippen molar-refractivity contribution in [1.29, 1.82) is 0 Å². The molecule has 1 heterocycles. The molecule has 0 amide bonds. The number of carbonyl (C=O) groups is 1. The third-order valence-corrected chi connectivity index (χ3v) is 6.13. The molecule has 0 aromatic carbocycles. The number of carbonyl (C=O) groups excluding carboxylic acids is 1. The first-order chi connectivity index (χ1) is 11.1. The average molecular weight is 336 g/mol. The van der Waals surface area contributed by atoms with E-state index in [1.54, 1.807) is 13.8 Å². The molecular weight excluding hydrogens is 308 g/mol. The minimum atomic E-state index is -1.18. The van der Waals surface area contributed by atoms with Crippen LogP contribution in [0.4, 0.5) is 0 Å². The Morgan fingerprint density at radius 3 is 2.54 bits per heavy atom. The highest BCUT2D eigenvalue weighted by Gasteiger charge is 2.75. The van der Waals surface area contributed by atoms with Crippen LogP contribution < -0.4 is 0 Å². The normalized spacial score (nSPS) is 47.4. The van der Waals surface area contributed by atoms with Crippen LogP contribution >= 0.6 is 0 Å². The maximum Gasteiger partial charge on any atom is 0.330 e. The highest BCUT2D eigenvalue weighted by Crippen LogP contribution is 2.71. The molecule has 5 heteroatoms. The summed E-state index contributed by atoms with van der Waals surface area (Å²) in [5.74, 6) is -1.11. The van der Waals surface area contributed by atoms with Gasteiger partial charge in [-0.1, -0.05) is 6.92 Å². The van der Waals surface area contributed by atoms with E-state index in [4.69, 9.17) is 14.2 Å². The lowest BCUT2D eigenvalue weighted by molar-refractivity contribution is -0.172. The van der Waals surface area contributed by atoms with E-state index in [1.165, 1.54) is 6.08 Å². The molecule has 3 aliphatic rings. The van der Waals surface area contributed by atoms with E-state index >= 15 is 0 Å². The fraction of sp³-hybridized carbons (Fsp3) is 0.737. The monoisotopic (exact) mass is 336 g/mol. The van der Waals surface area contributed by atoms with Gasteiger partial charge >= 0.3 is 5.97 Å². The van der Waals surface area contributed by atoms with E-state index in [1.807, 2.05) is 33.8 Å². The molecule has 0 radical (unpaired) electrons. The van der Waals surface area contributed by atoms with Crippen LogP contribution in [0.1, 0.15) is 48.0 Å². The maximum atomic E-state index is 11.8. The van der Waals surface area contributed by atoms with Crippen molar-refractivity contribution in [2.45, 2.75) is 71.6 Å². The standard InChI is InChI=1S/C19H28O5/c1-7-22-16(20)8-11(2)19(21)12(3)9-18(15-10-17(15,19)6)23-13(4)14(5)24-18/h8-9,13-15,21H,7,10H2,1-6H3/b11-8-. The zero-order valence-electron chi connectivity index (χ0n) is 15.4. The molecule has 3 rings (SSSR count). The van der Waals surface area contributed by atoms with Gasteiger partial charge in [0.05, 0.1) is 18.8 Å². The molecule has 5 unspecified atom stereocenters. The molecule has 24 heavy (non-hydrogen) atoms. The van der Waals surface area contributed by atoms with E-state index in [2.05, 4.69) is 0 Å². The molecule has 1 spiro atoms. The second-order valence-electron chi connectivity index (χ2n) is 7.66. The molecule has 5 nitrogen and oxygen atoms in total. The lowest BCUT2D eigenvalue weighted by Crippen LogP contribution is -2.50. The topological polar surface area (TPSA) is 65.0 Å². The third-order valence-electron chi connectivity index (χ3n) is 6.13. The number of aliphatic hydroxyl groups is 1. The van der Waals surface area contributed by atoms with E-state index < -0.39 is 22.8 Å². The van der Waals surface area contributed by atoms with Crippen molar-refractivity contribution in [3.8, 4) is 0 Å². The molecule has 5 atom stereocenters. The number of rotatable bonds is 3. The Bertz CT molecular complexity index is 611. The Morgan fingerprint density at radius 1 is 1.42 bits per heavy atom. The Kier molecular flexibility index (Phi) is 3.98. The third kappa shape index (κ3) is 2.21. The summed E-state index contributed by atoms with van der Waals surface area (Å²) in [5, 5.41) is 11.5. The summed E-state index contributed by atoms with van der Waals surface area (Å²) in [5.41, 5.74) is -0.230. The molecule has 0 aromatic heterocycles. The van der Waals surface area contributed by atoms with E-state index in [-0.39, 0.29) is 18.1 Å². The molecule has 1 saturated heterocycles. The van der Waals surface area contributed by atoms with Crippen molar-refractivity contribution in [3.05, 3.63) is 23.3 Å². The summed E-state index contributed by atoms with van der Waals surface area (Å²) in [7, 11) is 0. The molecule has 134 valence electrons.